The van der Waals surface area contributed by atoms with E-state index in [2.05, 4.69) is 31.7 Å². The van der Waals surface area contributed by atoms with Crippen molar-refractivity contribution in [3.8, 4) is 16.9 Å². The highest BCUT2D eigenvalue weighted by atomic mass is 32.2. The molecule has 0 spiro atoms. The monoisotopic (exact) mass is 755 g/mol. The van der Waals surface area contributed by atoms with Crippen molar-refractivity contribution in [3.63, 3.8) is 0 Å². The molecule has 274 valence electrons. The molecule has 0 radical (unpaired) electrons. The van der Waals surface area contributed by atoms with Crippen LogP contribution in [0.3, 0.4) is 0 Å². The number of ether oxygens (including phenoxy) is 1. The van der Waals surface area contributed by atoms with Crippen LogP contribution in [-0.2, 0) is 10.0 Å². The molecule has 0 bridgehead atoms. The Kier molecular flexibility index (Phi) is 9.85. The molecule has 2 aromatic heterocycles. The number of rotatable bonds is 10. The molecule has 53 heavy (non-hydrogen) atoms. The molecule has 1 amide bonds. The largest absolute Gasteiger partial charge is 0.495 e. The highest BCUT2D eigenvalue weighted by molar-refractivity contribution is 7.90. The number of nitrogens with zero attached hydrogens (tertiary/aromatic N) is 6. The summed E-state index contributed by atoms with van der Waals surface area (Å²) in [5, 5.41) is 20.4. The fraction of sp³-hybridized carbons (Fsp3) is 0.297. The minimum absolute atomic E-state index is 0.0335. The van der Waals surface area contributed by atoms with Gasteiger partial charge in [0.1, 0.15) is 28.0 Å². The van der Waals surface area contributed by atoms with Gasteiger partial charge in [-0.25, -0.2) is 4.98 Å². The normalized spacial score (nSPS) is 18.9. The number of carbonyl (C=O) groups is 1. The Labute approximate surface area is 310 Å². The molecule has 2 fully saturated rings. The van der Waals surface area contributed by atoms with Gasteiger partial charge in [0.25, 0.3) is 21.6 Å². The first kappa shape index (κ1) is 35.9. The number of aromatic nitrogens is 2. The van der Waals surface area contributed by atoms with Crippen LogP contribution in [0.5, 0.6) is 5.75 Å². The molecule has 0 aliphatic carbocycles. The number of amides is 1. The van der Waals surface area contributed by atoms with Crippen LogP contribution in [0.25, 0.3) is 11.1 Å². The minimum atomic E-state index is -4.32. The van der Waals surface area contributed by atoms with E-state index in [9.17, 15) is 23.3 Å². The summed E-state index contributed by atoms with van der Waals surface area (Å²) in [6, 6.07) is 19.4. The van der Waals surface area contributed by atoms with Crippen LogP contribution in [0.1, 0.15) is 57.3 Å². The summed E-state index contributed by atoms with van der Waals surface area (Å²) >= 11 is 1.26. The summed E-state index contributed by atoms with van der Waals surface area (Å²) in [4.78, 5) is 33.1. The SMILES string of the molecule is COc1ccccc1NC(=O)c1csc(C2C(=NS(=O)(=O)c3ccc([N+](=O)[O-])cc3)N(C3CCN(C)CC3)C2c2ccc(-c3c(C)noc3C)cc2)n1. The van der Waals surface area contributed by atoms with E-state index in [1.165, 1.54) is 30.6 Å². The summed E-state index contributed by atoms with van der Waals surface area (Å²) in [6.07, 6.45) is 1.55. The predicted octanol–water partition coefficient (Wildman–Crippen LogP) is 6.61. The van der Waals surface area contributed by atoms with Gasteiger partial charge >= 0.3 is 0 Å². The Morgan fingerprint density at radius 1 is 1.06 bits per heavy atom. The van der Waals surface area contributed by atoms with Crippen LogP contribution in [0.2, 0.25) is 0 Å². The average Bonchev–Trinajstić information content (AvgIpc) is 3.77. The first-order chi connectivity index (χ1) is 25.4. The number of hydrogen-bond donors (Lipinski definition) is 1. The zero-order chi connectivity index (χ0) is 37.4. The number of nitro benzene ring substituents is 1. The van der Waals surface area contributed by atoms with Gasteiger partial charge in [-0.15, -0.1) is 15.7 Å². The summed E-state index contributed by atoms with van der Waals surface area (Å²) in [5.74, 6) is 0.446. The molecule has 2 saturated heterocycles. The van der Waals surface area contributed by atoms with Gasteiger partial charge in [0, 0.05) is 29.1 Å². The number of para-hydroxylation sites is 2. The fourth-order valence-corrected chi connectivity index (χ4v) is 9.00. The Morgan fingerprint density at radius 2 is 1.75 bits per heavy atom. The molecule has 1 N–H and O–H groups in total. The van der Waals surface area contributed by atoms with Gasteiger partial charge in [0.15, 0.2) is 0 Å². The van der Waals surface area contributed by atoms with E-state index in [0.29, 0.717) is 28.0 Å². The molecule has 2 atom stereocenters. The zero-order valence-electron chi connectivity index (χ0n) is 29.4. The number of aryl methyl sites for hydroxylation is 2. The van der Waals surface area contributed by atoms with E-state index in [1.54, 1.807) is 29.6 Å². The molecule has 3 aromatic carbocycles. The fourth-order valence-electron chi connectivity index (χ4n) is 7.04. The van der Waals surface area contributed by atoms with E-state index in [0.717, 1.165) is 60.4 Å². The number of sulfonamides is 1. The van der Waals surface area contributed by atoms with Gasteiger partial charge in [-0.2, -0.15) is 8.42 Å². The van der Waals surface area contributed by atoms with Crippen LogP contribution in [0.15, 0.2) is 92.0 Å². The molecule has 16 heteroatoms. The lowest BCUT2D eigenvalue weighted by atomic mass is 9.79. The summed E-state index contributed by atoms with van der Waals surface area (Å²) in [7, 11) is -0.740. The van der Waals surface area contributed by atoms with Crippen molar-refractivity contribution >= 4 is 44.5 Å². The van der Waals surface area contributed by atoms with Crippen LogP contribution >= 0.6 is 11.3 Å². The second-order valence-corrected chi connectivity index (χ2v) is 15.6. The second-order valence-electron chi connectivity index (χ2n) is 13.1. The highest BCUT2D eigenvalue weighted by Crippen LogP contribution is 2.51. The summed E-state index contributed by atoms with van der Waals surface area (Å²) in [5.41, 5.74) is 3.97. The minimum Gasteiger partial charge on any atom is -0.495 e. The number of methoxy groups -OCH3 is 1. The number of nitrogens with one attached hydrogen (secondary N) is 1. The molecule has 7 rings (SSSR count). The molecule has 14 nitrogen and oxygen atoms in total. The van der Waals surface area contributed by atoms with Crippen LogP contribution in [0.4, 0.5) is 11.4 Å². The highest BCUT2D eigenvalue weighted by Gasteiger charge is 2.52. The quantitative estimate of drug-likeness (QED) is 0.120. The summed E-state index contributed by atoms with van der Waals surface area (Å²) < 4.78 is 43.1. The maximum Gasteiger partial charge on any atom is 0.283 e. The van der Waals surface area contributed by atoms with Gasteiger partial charge in [0.05, 0.1) is 40.3 Å². The van der Waals surface area contributed by atoms with Crippen LogP contribution < -0.4 is 10.1 Å². The third kappa shape index (κ3) is 7.04. The van der Waals surface area contributed by atoms with E-state index in [1.807, 2.05) is 38.1 Å². The first-order valence-corrected chi connectivity index (χ1v) is 19.3. The molecule has 0 saturated carbocycles. The standard InChI is InChI=1S/C37H37N7O7S2/c1-22-32(23(2)51-40-22)24-9-11-25(12-10-24)34-33(37-39-30(21-52-37)36(45)38-29-7-5-6-8-31(29)50-4)35(43(34)26-17-19-42(3)20-18-26)41-53(48,49)28-15-13-27(14-16-28)44(46)47/h5-16,21,26,33-34H,17-20H2,1-4H3,(H,38,45). The number of carbonyl (C=O) groups excluding carboxylic acids is 1. The van der Waals surface area contributed by atoms with E-state index in [4.69, 9.17) is 14.2 Å². The molecule has 4 heterocycles. The molecule has 2 unspecified atom stereocenters. The number of non-ortho nitro benzene ring substituents is 1. The molecular formula is C37H37N7O7S2. The lowest BCUT2D eigenvalue weighted by Gasteiger charge is -2.54. The Balaban J connectivity index is 1.31. The number of thiazole rings is 1. The van der Waals surface area contributed by atoms with Crippen molar-refractivity contribution in [2.45, 2.75) is 49.6 Å². The van der Waals surface area contributed by atoms with E-state index < -0.39 is 26.8 Å². The van der Waals surface area contributed by atoms with Crippen molar-refractivity contribution in [2.24, 2.45) is 4.40 Å². The third-order valence-corrected chi connectivity index (χ3v) is 12.0. The topological polar surface area (TPSA) is 173 Å². The summed E-state index contributed by atoms with van der Waals surface area (Å²) in [6.45, 7) is 5.39. The van der Waals surface area contributed by atoms with Crippen LogP contribution in [-0.4, -0.2) is 78.3 Å². The Morgan fingerprint density at radius 3 is 2.40 bits per heavy atom. The number of likely N-dealkylation sites (tertiary alicyclic amines) is 2. The van der Waals surface area contributed by atoms with Crippen molar-refractivity contribution in [1.82, 2.24) is 19.9 Å². The van der Waals surface area contributed by atoms with Gasteiger partial charge in [0.2, 0.25) is 0 Å². The molecular weight excluding hydrogens is 719 g/mol. The number of amidine groups is 1. The Bertz CT molecular complexity index is 2280. The molecule has 5 aromatic rings. The first-order valence-electron chi connectivity index (χ1n) is 16.9. The predicted molar refractivity (Wildman–Crippen MR) is 200 cm³/mol. The van der Waals surface area contributed by atoms with Gasteiger partial charge in [-0.1, -0.05) is 41.6 Å². The maximum absolute atomic E-state index is 13.9. The number of hydrogen-bond acceptors (Lipinski definition) is 11. The van der Waals surface area contributed by atoms with Gasteiger partial charge in [-0.3, -0.25) is 14.9 Å². The van der Waals surface area contributed by atoms with Crippen LogP contribution in [0, 0.1) is 24.0 Å². The third-order valence-electron chi connectivity index (χ3n) is 9.75. The lowest BCUT2D eigenvalue weighted by Crippen LogP contribution is -2.60. The molecule has 2 aliphatic rings. The Hall–Kier alpha value is -5.45. The number of piperidine rings is 1. The van der Waals surface area contributed by atoms with Crippen molar-refractivity contribution in [2.75, 3.05) is 32.6 Å². The second kappa shape index (κ2) is 14.5. The maximum atomic E-state index is 13.9. The lowest BCUT2D eigenvalue weighted by molar-refractivity contribution is -0.384. The smallest absolute Gasteiger partial charge is 0.283 e. The van der Waals surface area contributed by atoms with Gasteiger partial charge in [-0.05, 0) is 82.2 Å². The number of benzene rings is 3. The van der Waals surface area contributed by atoms with Crippen molar-refractivity contribution in [1.29, 1.82) is 0 Å². The molecule has 2 aliphatic heterocycles. The van der Waals surface area contributed by atoms with E-state index in [-0.39, 0.29) is 28.4 Å². The van der Waals surface area contributed by atoms with Crippen molar-refractivity contribution in [3.05, 3.63) is 116 Å². The van der Waals surface area contributed by atoms with Gasteiger partial charge < -0.3 is 24.4 Å². The number of anilines is 1. The number of nitro groups is 1. The zero-order valence-corrected chi connectivity index (χ0v) is 31.1. The van der Waals surface area contributed by atoms with Crippen molar-refractivity contribution < 1.29 is 27.4 Å². The average molecular weight is 756 g/mol. The van der Waals surface area contributed by atoms with E-state index >= 15 is 0 Å².